The number of thiazole rings is 1. The zero-order chi connectivity index (χ0) is 19.7. The van der Waals surface area contributed by atoms with E-state index in [2.05, 4.69) is 26.2 Å². The Kier molecular flexibility index (Phi) is 4.24. The molecule has 3 aliphatic carbocycles. The number of aromatic nitrogens is 1. The van der Waals surface area contributed by atoms with Gasteiger partial charge in [-0.2, -0.15) is 0 Å². The summed E-state index contributed by atoms with van der Waals surface area (Å²) < 4.78 is 0.857. The molecule has 1 spiro atoms. The van der Waals surface area contributed by atoms with Gasteiger partial charge in [-0.15, -0.1) is 11.3 Å². The first-order chi connectivity index (χ1) is 13.4. The Morgan fingerprint density at radius 1 is 1.14 bits per heavy atom. The Labute approximate surface area is 177 Å². The molecule has 4 aliphatic rings. The van der Waals surface area contributed by atoms with E-state index in [4.69, 9.17) is 11.5 Å². The van der Waals surface area contributed by atoms with Crippen molar-refractivity contribution in [2.24, 2.45) is 40.1 Å². The lowest BCUT2D eigenvalue weighted by Crippen LogP contribution is -2.63. The zero-order valence-corrected chi connectivity index (χ0v) is 18.3. The fraction of sp³-hybridized carbons (Fsp3) is 0.750. The molecule has 1 saturated heterocycles. The summed E-state index contributed by atoms with van der Waals surface area (Å²) >= 11 is 4.95. The number of nitrogens with zero attached hydrogens (tertiary/aromatic N) is 1. The fourth-order valence-electron chi connectivity index (χ4n) is 7.55. The SMILES string of the molecule is NC(=O)[C@]1(CC2CCNCC2)[C@@H]2CC[C@@H](C23CC3)[C@@]1(C(N)=O)c1ncc(Br)s1. The van der Waals surface area contributed by atoms with Crippen molar-refractivity contribution in [3.8, 4) is 0 Å². The van der Waals surface area contributed by atoms with E-state index in [0.717, 1.165) is 55.4 Å². The normalized spacial score (nSPS) is 38.8. The topological polar surface area (TPSA) is 111 Å². The molecule has 4 fully saturated rings. The van der Waals surface area contributed by atoms with E-state index in [0.29, 0.717) is 17.3 Å². The van der Waals surface area contributed by atoms with Gasteiger partial charge >= 0.3 is 0 Å². The Hall–Kier alpha value is -0.990. The highest BCUT2D eigenvalue weighted by atomic mass is 79.9. The van der Waals surface area contributed by atoms with Crippen molar-refractivity contribution in [2.45, 2.75) is 50.4 Å². The summed E-state index contributed by atoms with van der Waals surface area (Å²) in [6.07, 6.45) is 8.47. The predicted octanol–water partition coefficient (Wildman–Crippen LogP) is 2.31. The quantitative estimate of drug-likeness (QED) is 0.617. The van der Waals surface area contributed by atoms with Crippen molar-refractivity contribution in [2.75, 3.05) is 13.1 Å². The number of nitrogens with one attached hydrogen (secondary N) is 1. The van der Waals surface area contributed by atoms with Crippen LogP contribution in [0.5, 0.6) is 0 Å². The lowest BCUT2D eigenvalue weighted by molar-refractivity contribution is -0.148. The van der Waals surface area contributed by atoms with Crippen LogP contribution in [0.15, 0.2) is 9.98 Å². The minimum atomic E-state index is -1.07. The lowest BCUT2D eigenvalue weighted by atomic mass is 9.52. The Bertz CT molecular complexity index is 834. The van der Waals surface area contributed by atoms with E-state index in [9.17, 15) is 9.59 Å². The number of carbonyl (C=O) groups is 2. The van der Waals surface area contributed by atoms with Gasteiger partial charge in [0.2, 0.25) is 11.8 Å². The van der Waals surface area contributed by atoms with Crippen LogP contribution in [0.3, 0.4) is 0 Å². The van der Waals surface area contributed by atoms with Gasteiger partial charge in [-0.1, -0.05) is 0 Å². The monoisotopic (exact) mass is 466 g/mol. The minimum absolute atomic E-state index is 0.0507. The second-order valence-electron chi connectivity index (χ2n) is 9.29. The summed E-state index contributed by atoms with van der Waals surface area (Å²) in [6, 6.07) is 0. The second kappa shape index (κ2) is 6.25. The smallest absolute Gasteiger partial charge is 0.231 e. The summed E-state index contributed by atoms with van der Waals surface area (Å²) in [5.74, 6) is -0.136. The number of hydrogen-bond donors (Lipinski definition) is 3. The molecule has 5 N–H and O–H groups in total. The number of piperidine rings is 1. The third-order valence-corrected chi connectivity index (χ3v) is 10.1. The van der Waals surface area contributed by atoms with Gasteiger partial charge < -0.3 is 16.8 Å². The largest absolute Gasteiger partial charge is 0.369 e. The van der Waals surface area contributed by atoms with E-state index in [-0.39, 0.29) is 23.2 Å². The molecule has 0 unspecified atom stereocenters. The third kappa shape index (κ3) is 2.14. The van der Waals surface area contributed by atoms with Gasteiger partial charge in [0.25, 0.3) is 0 Å². The average molecular weight is 467 g/mol. The van der Waals surface area contributed by atoms with E-state index >= 15 is 0 Å². The number of nitrogens with two attached hydrogens (primary N) is 2. The fourth-order valence-corrected chi connectivity index (χ4v) is 9.09. The molecular formula is C20H27BrN4O2S. The van der Waals surface area contributed by atoms with Gasteiger partial charge in [0, 0.05) is 0 Å². The second-order valence-corrected chi connectivity index (χ2v) is 11.7. The first kappa shape index (κ1) is 19.0. The number of halogens is 1. The van der Waals surface area contributed by atoms with Gasteiger partial charge in [-0.3, -0.25) is 9.59 Å². The molecule has 3 saturated carbocycles. The standard InChI is InChI=1S/C20H27BrN4O2S/c21-14-10-25-17(28-14)20(16(23)27)13-2-1-12(18(13)5-6-18)19(20,15(22)26)9-11-3-7-24-8-4-11/h10-13,24H,1-9H2,(H2,22,26)(H2,23,27)/t12-,13+,19+,20-/m1/s1. The molecule has 1 aromatic heterocycles. The van der Waals surface area contributed by atoms with Crippen LogP contribution in [0.4, 0.5) is 0 Å². The maximum Gasteiger partial charge on any atom is 0.231 e. The van der Waals surface area contributed by atoms with Crippen molar-refractivity contribution in [1.82, 2.24) is 10.3 Å². The highest BCUT2D eigenvalue weighted by Gasteiger charge is 2.85. The first-order valence-corrected chi connectivity index (χ1v) is 11.9. The maximum atomic E-state index is 13.4. The van der Waals surface area contributed by atoms with E-state index in [1.165, 1.54) is 11.3 Å². The van der Waals surface area contributed by atoms with Crippen molar-refractivity contribution >= 4 is 39.1 Å². The van der Waals surface area contributed by atoms with Gasteiger partial charge in [0.05, 0.1) is 15.4 Å². The number of hydrogen-bond acceptors (Lipinski definition) is 5. The molecule has 4 atom stereocenters. The Balaban J connectivity index is 1.73. The van der Waals surface area contributed by atoms with Crippen molar-refractivity contribution in [3.63, 3.8) is 0 Å². The van der Waals surface area contributed by atoms with Crippen LogP contribution >= 0.6 is 27.3 Å². The molecule has 1 aromatic rings. The van der Waals surface area contributed by atoms with Crippen LogP contribution in [0.1, 0.15) is 50.0 Å². The van der Waals surface area contributed by atoms with Crippen LogP contribution in [0, 0.1) is 28.6 Å². The molecule has 0 radical (unpaired) electrons. The van der Waals surface area contributed by atoms with Crippen molar-refractivity contribution < 1.29 is 9.59 Å². The number of carbonyl (C=O) groups excluding carboxylic acids is 2. The average Bonchev–Trinajstić information content (AvgIpc) is 3.13. The molecule has 2 bridgehead atoms. The molecule has 8 heteroatoms. The Morgan fingerprint density at radius 3 is 2.36 bits per heavy atom. The predicted molar refractivity (Wildman–Crippen MR) is 110 cm³/mol. The van der Waals surface area contributed by atoms with E-state index in [1.54, 1.807) is 6.20 Å². The summed E-state index contributed by atoms with van der Waals surface area (Å²) in [6.45, 7) is 1.90. The summed E-state index contributed by atoms with van der Waals surface area (Å²) in [4.78, 5) is 31.3. The Morgan fingerprint density at radius 2 is 1.82 bits per heavy atom. The van der Waals surface area contributed by atoms with Crippen LogP contribution in [-0.2, 0) is 15.0 Å². The van der Waals surface area contributed by atoms with E-state index in [1.807, 2.05) is 0 Å². The number of primary amides is 2. The van der Waals surface area contributed by atoms with Crippen molar-refractivity contribution in [1.29, 1.82) is 0 Å². The van der Waals surface area contributed by atoms with Crippen molar-refractivity contribution in [3.05, 3.63) is 15.0 Å². The highest BCUT2D eigenvalue weighted by molar-refractivity contribution is 9.11. The summed E-state index contributed by atoms with van der Waals surface area (Å²) in [7, 11) is 0. The lowest BCUT2D eigenvalue weighted by Gasteiger charge is -2.50. The number of amides is 2. The molecule has 6 nitrogen and oxygen atoms in total. The van der Waals surface area contributed by atoms with Gasteiger partial charge in [0.1, 0.15) is 10.4 Å². The first-order valence-electron chi connectivity index (χ1n) is 10.3. The molecule has 1 aliphatic heterocycles. The molecule has 152 valence electrons. The molecule has 2 heterocycles. The van der Waals surface area contributed by atoms with E-state index < -0.39 is 16.7 Å². The zero-order valence-electron chi connectivity index (χ0n) is 15.9. The van der Waals surface area contributed by atoms with Crippen LogP contribution in [0.25, 0.3) is 0 Å². The maximum absolute atomic E-state index is 13.4. The molecule has 0 aromatic carbocycles. The summed E-state index contributed by atoms with van der Waals surface area (Å²) in [5.41, 5.74) is 10.5. The molecule has 28 heavy (non-hydrogen) atoms. The highest BCUT2D eigenvalue weighted by Crippen LogP contribution is 2.83. The number of rotatable bonds is 5. The minimum Gasteiger partial charge on any atom is -0.369 e. The molecule has 2 amide bonds. The summed E-state index contributed by atoms with van der Waals surface area (Å²) in [5, 5.41) is 4.09. The third-order valence-electron chi connectivity index (χ3n) is 8.49. The van der Waals surface area contributed by atoms with Crippen LogP contribution in [-0.4, -0.2) is 29.9 Å². The van der Waals surface area contributed by atoms with Crippen LogP contribution < -0.4 is 16.8 Å². The molecule has 5 rings (SSSR count). The molecular weight excluding hydrogens is 440 g/mol. The van der Waals surface area contributed by atoms with Gasteiger partial charge in [0.15, 0.2) is 0 Å². The van der Waals surface area contributed by atoms with Gasteiger partial charge in [-0.05, 0) is 97.1 Å². The van der Waals surface area contributed by atoms with Crippen LogP contribution in [0.2, 0.25) is 0 Å². The van der Waals surface area contributed by atoms with Gasteiger partial charge in [-0.25, -0.2) is 4.98 Å².